The topological polar surface area (TPSA) is 95.9 Å². The van der Waals surface area contributed by atoms with Gasteiger partial charge in [0.15, 0.2) is 0 Å². The smallest absolute Gasteiger partial charge is 0.408 e. The van der Waals surface area contributed by atoms with Crippen molar-refractivity contribution in [1.82, 2.24) is 4.90 Å². The van der Waals surface area contributed by atoms with E-state index in [0.29, 0.717) is 5.00 Å². The van der Waals surface area contributed by atoms with Crippen LogP contribution in [0.25, 0.3) is 0 Å². The third-order valence-electron chi connectivity index (χ3n) is 3.02. The van der Waals surface area contributed by atoms with Gasteiger partial charge in [0, 0.05) is 10.4 Å². The molecule has 0 spiro atoms. The molecular formula is C12H14N2O5S. The van der Waals surface area contributed by atoms with Crippen molar-refractivity contribution >= 4 is 34.3 Å². The molecule has 0 radical (unpaired) electrons. The molecule has 0 aromatic carbocycles. The fraction of sp³-hybridized carbons (Fsp3) is 0.417. The highest BCUT2D eigenvalue weighted by Crippen LogP contribution is 2.32. The second-order valence-corrected chi connectivity index (χ2v) is 5.66. The van der Waals surface area contributed by atoms with Crippen LogP contribution in [0.3, 0.4) is 0 Å². The minimum absolute atomic E-state index is 0.0649. The molecule has 0 unspecified atom stereocenters. The highest BCUT2D eigenvalue weighted by atomic mass is 32.1. The van der Waals surface area contributed by atoms with Gasteiger partial charge in [0.25, 0.3) is 0 Å². The Morgan fingerprint density at radius 2 is 2.30 bits per heavy atom. The molecule has 2 rings (SSSR count). The molecule has 0 bridgehead atoms. The van der Waals surface area contributed by atoms with Gasteiger partial charge in [-0.25, -0.2) is 4.79 Å². The van der Waals surface area contributed by atoms with Crippen molar-refractivity contribution in [1.29, 1.82) is 0 Å². The van der Waals surface area contributed by atoms with E-state index in [-0.39, 0.29) is 13.0 Å². The molecule has 0 saturated heterocycles. The molecule has 1 aromatic rings. The molecule has 108 valence electrons. The van der Waals surface area contributed by atoms with Gasteiger partial charge < -0.3 is 15.2 Å². The zero-order chi connectivity index (χ0) is 14.9. The van der Waals surface area contributed by atoms with Crippen LogP contribution in [0.1, 0.15) is 16.9 Å². The zero-order valence-corrected chi connectivity index (χ0v) is 11.8. The predicted molar refractivity (Wildman–Crippen MR) is 71.7 cm³/mol. The average Bonchev–Trinajstić information content (AvgIpc) is 2.66. The maximum atomic E-state index is 12.1. The second kappa shape index (κ2) is 5.49. The monoisotopic (exact) mass is 298 g/mol. The largest absolute Gasteiger partial charge is 0.469 e. The van der Waals surface area contributed by atoms with Gasteiger partial charge in [0.2, 0.25) is 5.91 Å². The standard InChI is InChI=1S/C12H14N2O5S/c1-6-3-7-5-14(12(17)18)8(4-9(15)19-2)10(16)13-11(7)20-6/h3,8H,4-5H2,1-2H3,(H,13,16)(H,17,18)/t8-/m0/s1. The lowest BCUT2D eigenvalue weighted by molar-refractivity contribution is -0.143. The Hall–Kier alpha value is -2.09. The molecule has 1 aliphatic heterocycles. The lowest BCUT2D eigenvalue weighted by Crippen LogP contribution is -2.46. The Morgan fingerprint density at radius 3 is 2.90 bits per heavy atom. The van der Waals surface area contributed by atoms with Gasteiger partial charge in [-0.1, -0.05) is 0 Å². The van der Waals surface area contributed by atoms with Crippen LogP contribution in [0.15, 0.2) is 6.07 Å². The van der Waals surface area contributed by atoms with E-state index < -0.39 is 24.0 Å². The first kappa shape index (κ1) is 14.3. The number of aryl methyl sites for hydroxylation is 1. The van der Waals surface area contributed by atoms with E-state index in [4.69, 9.17) is 0 Å². The van der Waals surface area contributed by atoms with E-state index in [1.54, 1.807) is 0 Å². The molecule has 2 heterocycles. The van der Waals surface area contributed by atoms with Crippen molar-refractivity contribution < 1.29 is 24.2 Å². The fourth-order valence-corrected chi connectivity index (χ4v) is 2.99. The van der Waals surface area contributed by atoms with E-state index in [2.05, 4.69) is 10.1 Å². The van der Waals surface area contributed by atoms with Crippen molar-refractivity contribution in [3.05, 3.63) is 16.5 Å². The van der Waals surface area contributed by atoms with E-state index in [0.717, 1.165) is 15.3 Å². The first-order valence-electron chi connectivity index (χ1n) is 5.89. The first-order chi connectivity index (χ1) is 9.42. The molecule has 0 aliphatic carbocycles. The zero-order valence-electron chi connectivity index (χ0n) is 11.0. The van der Waals surface area contributed by atoms with Crippen molar-refractivity contribution in [2.24, 2.45) is 0 Å². The number of amides is 2. The predicted octanol–water partition coefficient (Wildman–Crippen LogP) is 1.42. The molecule has 20 heavy (non-hydrogen) atoms. The molecular weight excluding hydrogens is 284 g/mol. The summed E-state index contributed by atoms with van der Waals surface area (Å²) in [5, 5.41) is 12.6. The van der Waals surface area contributed by atoms with E-state index in [1.165, 1.54) is 18.4 Å². The lowest BCUT2D eigenvalue weighted by Gasteiger charge is -2.24. The maximum Gasteiger partial charge on any atom is 0.408 e. The number of thiophene rings is 1. The Bertz CT molecular complexity index is 568. The van der Waals surface area contributed by atoms with Gasteiger partial charge in [-0.3, -0.25) is 14.5 Å². The number of fused-ring (bicyclic) bond motifs is 1. The molecule has 2 N–H and O–H groups in total. The van der Waals surface area contributed by atoms with E-state index >= 15 is 0 Å². The number of ether oxygens (including phenoxy) is 1. The highest BCUT2D eigenvalue weighted by Gasteiger charge is 2.36. The van der Waals surface area contributed by atoms with Gasteiger partial charge in [-0.15, -0.1) is 11.3 Å². The lowest BCUT2D eigenvalue weighted by atomic mass is 10.1. The minimum Gasteiger partial charge on any atom is -0.469 e. The maximum absolute atomic E-state index is 12.1. The number of methoxy groups -OCH3 is 1. The number of carbonyl (C=O) groups excluding carboxylic acids is 2. The average molecular weight is 298 g/mol. The van der Waals surface area contributed by atoms with Crippen LogP contribution in [0.2, 0.25) is 0 Å². The molecule has 8 heteroatoms. The van der Waals surface area contributed by atoms with Crippen LogP contribution < -0.4 is 5.32 Å². The van der Waals surface area contributed by atoms with Crippen LogP contribution in [0.4, 0.5) is 9.80 Å². The van der Waals surface area contributed by atoms with Crippen LogP contribution in [-0.4, -0.2) is 41.1 Å². The fourth-order valence-electron chi connectivity index (χ4n) is 2.07. The number of hydrogen-bond donors (Lipinski definition) is 2. The summed E-state index contributed by atoms with van der Waals surface area (Å²) in [5.41, 5.74) is 0.732. The van der Waals surface area contributed by atoms with Gasteiger partial charge in [0.1, 0.15) is 11.0 Å². The third kappa shape index (κ3) is 2.74. The van der Waals surface area contributed by atoms with Crippen LogP contribution in [0.5, 0.6) is 0 Å². The SMILES string of the molecule is COC(=O)C[C@H]1C(=O)Nc2sc(C)cc2CN1C(=O)O. The summed E-state index contributed by atoms with van der Waals surface area (Å²) >= 11 is 1.38. The minimum atomic E-state index is -1.24. The Morgan fingerprint density at radius 1 is 1.60 bits per heavy atom. The highest BCUT2D eigenvalue weighted by molar-refractivity contribution is 7.16. The summed E-state index contributed by atoms with van der Waals surface area (Å²) in [6.45, 7) is 1.94. The van der Waals surface area contributed by atoms with E-state index in [1.807, 2.05) is 13.0 Å². The number of nitrogens with one attached hydrogen (secondary N) is 1. The summed E-state index contributed by atoms with van der Waals surface area (Å²) in [7, 11) is 1.20. The molecule has 0 saturated carbocycles. The number of nitrogens with zero attached hydrogens (tertiary/aromatic N) is 1. The van der Waals surface area contributed by atoms with Gasteiger partial charge >= 0.3 is 12.1 Å². The van der Waals surface area contributed by atoms with Crippen molar-refractivity contribution in [2.45, 2.75) is 25.9 Å². The number of esters is 1. The first-order valence-corrected chi connectivity index (χ1v) is 6.70. The molecule has 1 aliphatic rings. The molecule has 1 aromatic heterocycles. The van der Waals surface area contributed by atoms with Crippen molar-refractivity contribution in [2.75, 3.05) is 12.4 Å². The Kier molecular flexibility index (Phi) is 3.93. The Labute approximate surface area is 119 Å². The Balaban J connectivity index is 2.33. The van der Waals surface area contributed by atoms with Gasteiger partial charge in [-0.05, 0) is 13.0 Å². The van der Waals surface area contributed by atoms with Crippen molar-refractivity contribution in [3.8, 4) is 0 Å². The van der Waals surface area contributed by atoms with Gasteiger partial charge in [0.05, 0.1) is 20.1 Å². The number of rotatable bonds is 2. The van der Waals surface area contributed by atoms with Crippen LogP contribution in [-0.2, 0) is 20.9 Å². The summed E-state index contributed by atoms with van der Waals surface area (Å²) in [6, 6.07) is 0.747. The third-order valence-corrected chi connectivity index (χ3v) is 4.03. The summed E-state index contributed by atoms with van der Waals surface area (Å²) < 4.78 is 4.51. The van der Waals surface area contributed by atoms with Crippen molar-refractivity contribution in [3.63, 3.8) is 0 Å². The summed E-state index contributed by atoms with van der Waals surface area (Å²) in [6.07, 6.45) is -1.55. The van der Waals surface area contributed by atoms with Crippen LogP contribution >= 0.6 is 11.3 Å². The molecule has 7 nitrogen and oxygen atoms in total. The normalized spacial score (nSPS) is 18.0. The van der Waals surface area contributed by atoms with Gasteiger partial charge in [-0.2, -0.15) is 0 Å². The molecule has 0 fully saturated rings. The summed E-state index contributed by atoms with van der Waals surface area (Å²) in [4.78, 5) is 36.8. The quantitative estimate of drug-likeness (QED) is 0.805. The molecule has 2 amide bonds. The summed E-state index contributed by atoms with van der Waals surface area (Å²) in [5.74, 6) is -1.14. The molecule has 1 atom stereocenters. The number of anilines is 1. The number of carboxylic acid groups (broad SMARTS) is 1. The number of carbonyl (C=O) groups is 3. The second-order valence-electron chi connectivity index (χ2n) is 4.41. The van der Waals surface area contributed by atoms with Crippen LogP contribution in [0, 0.1) is 6.92 Å². The number of hydrogen-bond acceptors (Lipinski definition) is 5. The van der Waals surface area contributed by atoms with E-state index in [9.17, 15) is 19.5 Å².